The largest absolute Gasteiger partial charge is 0.355 e. The van der Waals surface area contributed by atoms with E-state index in [1.165, 1.54) is 27.4 Å². The zero-order valence-corrected chi connectivity index (χ0v) is 11.9. The molecule has 2 heteroatoms. The number of para-hydroxylation sites is 2. The average Bonchev–Trinajstić information content (AvgIpc) is 2.92. The number of aryl methyl sites for hydroxylation is 1. The van der Waals surface area contributed by atoms with Crippen molar-refractivity contribution in [2.75, 3.05) is 5.32 Å². The predicted octanol–water partition coefficient (Wildman–Crippen LogP) is 5.37. The van der Waals surface area contributed by atoms with Gasteiger partial charge in [-0.15, -0.1) is 0 Å². The second-order valence-corrected chi connectivity index (χ2v) is 5.34. The number of H-pyrrole nitrogens is 1. The summed E-state index contributed by atoms with van der Waals surface area (Å²) in [6, 6.07) is 23.1. The van der Waals surface area contributed by atoms with E-state index in [1.54, 1.807) is 0 Å². The van der Waals surface area contributed by atoms with Crippen LogP contribution in [0.1, 0.15) is 5.56 Å². The van der Waals surface area contributed by atoms with Crippen LogP contribution in [0.3, 0.4) is 0 Å². The van der Waals surface area contributed by atoms with Crippen LogP contribution in [0.5, 0.6) is 0 Å². The molecular formula is C19H16N2. The van der Waals surface area contributed by atoms with Crippen molar-refractivity contribution in [3.05, 3.63) is 72.3 Å². The third kappa shape index (κ3) is 1.96. The highest BCUT2D eigenvalue weighted by molar-refractivity contribution is 6.14. The first-order valence-electron chi connectivity index (χ1n) is 7.15. The number of fused-ring (bicyclic) bond motifs is 3. The Labute approximate surface area is 123 Å². The van der Waals surface area contributed by atoms with E-state index in [0.717, 1.165) is 11.4 Å². The molecule has 0 bridgehead atoms. The smallest absolute Gasteiger partial charge is 0.0515 e. The summed E-state index contributed by atoms with van der Waals surface area (Å²) in [4.78, 5) is 3.53. The molecule has 0 saturated heterocycles. The minimum atomic E-state index is 1.10. The molecular weight excluding hydrogens is 256 g/mol. The van der Waals surface area contributed by atoms with E-state index >= 15 is 0 Å². The number of nitrogens with one attached hydrogen (secondary N) is 2. The third-order valence-corrected chi connectivity index (χ3v) is 3.92. The molecule has 2 nitrogen and oxygen atoms in total. The second kappa shape index (κ2) is 4.67. The molecule has 1 heterocycles. The van der Waals surface area contributed by atoms with Gasteiger partial charge in [0.05, 0.1) is 5.52 Å². The Morgan fingerprint density at radius 3 is 2.43 bits per heavy atom. The first kappa shape index (κ1) is 12.0. The summed E-state index contributed by atoms with van der Waals surface area (Å²) < 4.78 is 0. The minimum absolute atomic E-state index is 1.10. The normalized spacial score (nSPS) is 11.1. The van der Waals surface area contributed by atoms with Gasteiger partial charge in [-0.05, 0) is 36.8 Å². The van der Waals surface area contributed by atoms with Crippen LogP contribution in [0, 0.1) is 6.92 Å². The summed E-state index contributed by atoms with van der Waals surface area (Å²) in [5, 5.41) is 6.05. The van der Waals surface area contributed by atoms with Crippen LogP contribution in [-0.2, 0) is 0 Å². The fraction of sp³-hybridized carbons (Fsp3) is 0.0526. The number of hydrogen-bond acceptors (Lipinski definition) is 1. The molecule has 0 spiro atoms. The van der Waals surface area contributed by atoms with Crippen LogP contribution >= 0.6 is 0 Å². The molecule has 4 aromatic rings. The van der Waals surface area contributed by atoms with E-state index in [4.69, 9.17) is 0 Å². The number of anilines is 2. The molecule has 0 amide bonds. The van der Waals surface area contributed by atoms with Crippen molar-refractivity contribution < 1.29 is 0 Å². The fourth-order valence-corrected chi connectivity index (χ4v) is 2.87. The van der Waals surface area contributed by atoms with Crippen LogP contribution in [0.15, 0.2) is 66.7 Å². The van der Waals surface area contributed by atoms with Crippen molar-refractivity contribution in [2.24, 2.45) is 0 Å². The van der Waals surface area contributed by atoms with Gasteiger partial charge in [0.15, 0.2) is 0 Å². The molecule has 0 atom stereocenters. The Hall–Kier alpha value is -2.74. The highest BCUT2D eigenvalue weighted by Crippen LogP contribution is 2.34. The molecule has 2 N–H and O–H groups in total. The third-order valence-electron chi connectivity index (χ3n) is 3.92. The molecule has 3 aromatic carbocycles. The molecule has 0 aliphatic heterocycles. The summed E-state index contributed by atoms with van der Waals surface area (Å²) in [5.41, 5.74) is 5.89. The number of aromatic amines is 1. The Balaban J connectivity index is 1.98. The van der Waals surface area contributed by atoms with Gasteiger partial charge in [-0.2, -0.15) is 0 Å². The highest BCUT2D eigenvalue weighted by Gasteiger charge is 2.10. The van der Waals surface area contributed by atoms with Crippen molar-refractivity contribution in [3.8, 4) is 0 Å². The maximum absolute atomic E-state index is 3.53. The van der Waals surface area contributed by atoms with Gasteiger partial charge >= 0.3 is 0 Å². The maximum atomic E-state index is 3.53. The molecule has 1 aromatic heterocycles. The van der Waals surface area contributed by atoms with Gasteiger partial charge in [0.25, 0.3) is 0 Å². The molecule has 0 unspecified atom stereocenters. The lowest BCUT2D eigenvalue weighted by Crippen LogP contribution is -1.91. The van der Waals surface area contributed by atoms with E-state index in [1.807, 2.05) is 18.2 Å². The zero-order valence-electron chi connectivity index (χ0n) is 11.9. The van der Waals surface area contributed by atoms with Gasteiger partial charge < -0.3 is 10.3 Å². The van der Waals surface area contributed by atoms with E-state index in [9.17, 15) is 0 Å². The number of hydrogen-bond donors (Lipinski definition) is 2. The van der Waals surface area contributed by atoms with Gasteiger partial charge in [-0.1, -0.05) is 42.5 Å². The van der Waals surface area contributed by atoms with E-state index in [2.05, 4.69) is 65.8 Å². The monoisotopic (exact) mass is 272 g/mol. The van der Waals surface area contributed by atoms with Gasteiger partial charge in [-0.3, -0.25) is 0 Å². The lowest BCUT2D eigenvalue weighted by Gasteiger charge is -2.09. The van der Waals surface area contributed by atoms with Crippen LogP contribution in [0.2, 0.25) is 0 Å². The Morgan fingerprint density at radius 2 is 1.57 bits per heavy atom. The summed E-state index contributed by atoms with van der Waals surface area (Å²) in [7, 11) is 0. The molecule has 4 rings (SSSR count). The van der Waals surface area contributed by atoms with Crippen LogP contribution in [0.25, 0.3) is 21.8 Å². The van der Waals surface area contributed by atoms with Crippen molar-refractivity contribution in [1.82, 2.24) is 4.98 Å². The van der Waals surface area contributed by atoms with Crippen molar-refractivity contribution in [3.63, 3.8) is 0 Å². The molecule has 0 saturated carbocycles. The predicted molar refractivity (Wildman–Crippen MR) is 90.3 cm³/mol. The van der Waals surface area contributed by atoms with E-state index in [0.29, 0.717) is 0 Å². The molecule has 102 valence electrons. The van der Waals surface area contributed by atoms with Gasteiger partial charge in [0.2, 0.25) is 0 Å². The molecule has 0 aliphatic carbocycles. The number of rotatable bonds is 2. The van der Waals surface area contributed by atoms with Gasteiger partial charge in [0.1, 0.15) is 0 Å². The standard InChI is InChI=1S/C19H16N2/c1-13-11-12-17(20-14-7-3-2-4-8-14)18-15-9-5-6-10-16(15)21-19(13)18/h2-12,20-21H,1H3. The average molecular weight is 272 g/mol. The van der Waals surface area contributed by atoms with E-state index < -0.39 is 0 Å². The number of aromatic nitrogens is 1. The molecule has 0 fully saturated rings. The lowest BCUT2D eigenvalue weighted by atomic mass is 10.1. The summed E-state index contributed by atoms with van der Waals surface area (Å²) in [5.74, 6) is 0. The van der Waals surface area contributed by atoms with Gasteiger partial charge in [0, 0.05) is 27.7 Å². The zero-order chi connectivity index (χ0) is 14.2. The van der Waals surface area contributed by atoms with Crippen LogP contribution in [-0.4, -0.2) is 4.98 Å². The molecule has 0 radical (unpaired) electrons. The Kier molecular flexibility index (Phi) is 2.68. The van der Waals surface area contributed by atoms with Crippen molar-refractivity contribution >= 4 is 33.2 Å². The molecule has 0 aliphatic rings. The lowest BCUT2D eigenvalue weighted by molar-refractivity contribution is 1.45. The minimum Gasteiger partial charge on any atom is -0.355 e. The SMILES string of the molecule is Cc1ccc(Nc2ccccc2)c2c1[nH]c1ccccc12. The molecule has 21 heavy (non-hydrogen) atoms. The van der Waals surface area contributed by atoms with Crippen LogP contribution in [0.4, 0.5) is 11.4 Å². The summed E-state index contributed by atoms with van der Waals surface area (Å²) in [6.45, 7) is 2.14. The summed E-state index contributed by atoms with van der Waals surface area (Å²) in [6.07, 6.45) is 0. The van der Waals surface area contributed by atoms with Crippen molar-refractivity contribution in [1.29, 1.82) is 0 Å². The first-order chi connectivity index (χ1) is 10.3. The maximum Gasteiger partial charge on any atom is 0.0515 e. The van der Waals surface area contributed by atoms with Crippen LogP contribution < -0.4 is 5.32 Å². The summed E-state index contributed by atoms with van der Waals surface area (Å²) >= 11 is 0. The second-order valence-electron chi connectivity index (χ2n) is 5.34. The van der Waals surface area contributed by atoms with E-state index in [-0.39, 0.29) is 0 Å². The Bertz CT molecular complexity index is 920. The fourth-order valence-electron chi connectivity index (χ4n) is 2.87. The van der Waals surface area contributed by atoms with Gasteiger partial charge in [-0.25, -0.2) is 0 Å². The first-order valence-corrected chi connectivity index (χ1v) is 7.15. The van der Waals surface area contributed by atoms with Crippen molar-refractivity contribution in [2.45, 2.75) is 6.92 Å². The number of benzene rings is 3. The topological polar surface area (TPSA) is 27.8 Å². The quantitative estimate of drug-likeness (QED) is 0.504. The Morgan fingerprint density at radius 1 is 0.810 bits per heavy atom. The highest BCUT2D eigenvalue weighted by atomic mass is 14.9.